The Morgan fingerprint density at radius 1 is 0.975 bits per heavy atom. The molecule has 0 aliphatic carbocycles. The summed E-state index contributed by atoms with van der Waals surface area (Å²) in [5.41, 5.74) is 1.06. The number of amides is 2. The van der Waals surface area contributed by atoms with Crippen LogP contribution in [0.1, 0.15) is 24.2 Å². The maximum atomic E-state index is 13.7. The highest BCUT2D eigenvalue weighted by molar-refractivity contribution is 7.89. The number of benzene rings is 2. The molecule has 1 aliphatic heterocycles. The van der Waals surface area contributed by atoms with E-state index >= 15 is 0 Å². The number of piperazine rings is 1. The van der Waals surface area contributed by atoms with E-state index in [2.05, 4.69) is 0 Å². The Balaban J connectivity index is 1.54. The van der Waals surface area contributed by atoms with Crippen LogP contribution in [-0.4, -0.2) is 106 Å². The van der Waals surface area contributed by atoms with Crippen molar-refractivity contribution in [2.45, 2.75) is 18.7 Å². The number of fused-ring (bicyclic) bond motifs is 1. The van der Waals surface area contributed by atoms with Crippen LogP contribution < -0.4 is 9.64 Å². The van der Waals surface area contributed by atoms with Gasteiger partial charge in [-0.2, -0.15) is 4.31 Å². The highest BCUT2D eigenvalue weighted by Gasteiger charge is 2.31. The summed E-state index contributed by atoms with van der Waals surface area (Å²) in [6.45, 7) is 6.27. The zero-order chi connectivity index (χ0) is 28.9. The first-order valence-electron chi connectivity index (χ1n) is 13.2. The number of rotatable bonds is 10. The summed E-state index contributed by atoms with van der Waals surface area (Å²) < 4.78 is 39.5. The van der Waals surface area contributed by atoms with Crippen molar-refractivity contribution >= 4 is 48.7 Å². The van der Waals surface area contributed by atoms with E-state index in [1.807, 2.05) is 44.1 Å². The summed E-state index contributed by atoms with van der Waals surface area (Å²) in [7, 11) is 0.0733. The number of carbonyl (C=O) groups is 2. The molecule has 0 unspecified atom stereocenters. The third kappa shape index (κ3) is 6.54. The van der Waals surface area contributed by atoms with Crippen molar-refractivity contribution < 1.29 is 27.5 Å². The fraction of sp³-hybridized carbons (Fsp3) is 0.444. The average Bonchev–Trinajstić information content (AvgIpc) is 3.38. The zero-order valence-corrected chi connectivity index (χ0v) is 24.8. The molecule has 2 heterocycles. The highest BCUT2D eigenvalue weighted by Crippen LogP contribution is 2.35. The Morgan fingerprint density at radius 3 is 2.30 bits per heavy atom. The molecule has 0 radical (unpaired) electrons. The van der Waals surface area contributed by atoms with Gasteiger partial charge in [0.1, 0.15) is 11.3 Å². The van der Waals surface area contributed by atoms with Crippen LogP contribution in [0.4, 0.5) is 9.93 Å². The first-order valence-corrected chi connectivity index (χ1v) is 15.4. The molecule has 11 nitrogen and oxygen atoms in total. The minimum absolute atomic E-state index is 0.0924. The van der Waals surface area contributed by atoms with Crippen LogP contribution in [0.2, 0.25) is 0 Å². The third-order valence-corrected chi connectivity index (χ3v) is 9.38. The van der Waals surface area contributed by atoms with E-state index in [1.54, 1.807) is 11.8 Å². The summed E-state index contributed by atoms with van der Waals surface area (Å²) in [5, 5.41) is 0.546. The second-order valence-corrected chi connectivity index (χ2v) is 12.4. The van der Waals surface area contributed by atoms with Crippen molar-refractivity contribution in [1.29, 1.82) is 0 Å². The van der Waals surface area contributed by atoms with E-state index in [4.69, 9.17) is 14.5 Å². The lowest BCUT2D eigenvalue weighted by Gasteiger charge is -2.33. The summed E-state index contributed by atoms with van der Waals surface area (Å²) >= 11 is 1.41. The van der Waals surface area contributed by atoms with Gasteiger partial charge in [0.25, 0.3) is 5.91 Å². The molecular weight excluding hydrogens is 554 g/mol. The molecule has 13 heteroatoms. The molecule has 1 aliphatic rings. The molecule has 4 rings (SSSR count). The molecule has 0 bridgehead atoms. The van der Waals surface area contributed by atoms with Crippen molar-refractivity contribution in [2.75, 3.05) is 71.5 Å². The van der Waals surface area contributed by atoms with Crippen molar-refractivity contribution in [3.05, 3.63) is 48.0 Å². The minimum atomic E-state index is -3.79. The molecule has 0 atom stereocenters. The third-order valence-electron chi connectivity index (χ3n) is 6.42. The number of para-hydroxylation sites is 1. The number of likely N-dealkylation sites (N-methyl/N-ethyl adjacent to an activating group) is 1. The monoisotopic (exact) mass is 589 g/mol. The molecule has 1 saturated heterocycles. The van der Waals surface area contributed by atoms with Gasteiger partial charge >= 0.3 is 6.09 Å². The second kappa shape index (κ2) is 12.9. The van der Waals surface area contributed by atoms with E-state index < -0.39 is 16.1 Å². The number of sulfonamides is 1. The van der Waals surface area contributed by atoms with E-state index in [0.717, 1.165) is 4.70 Å². The quantitative estimate of drug-likeness (QED) is 0.354. The Hall–Kier alpha value is -3.26. The molecule has 0 spiro atoms. The zero-order valence-electron chi connectivity index (χ0n) is 23.2. The largest absolute Gasteiger partial charge is 0.492 e. The lowest BCUT2D eigenvalue weighted by Crippen LogP contribution is -2.50. The predicted octanol–water partition coefficient (Wildman–Crippen LogP) is 3.37. The van der Waals surface area contributed by atoms with Gasteiger partial charge < -0.3 is 19.3 Å². The first kappa shape index (κ1) is 29.7. The molecule has 1 fully saturated rings. The van der Waals surface area contributed by atoms with Crippen LogP contribution in [-0.2, 0) is 14.8 Å². The average molecular weight is 590 g/mol. The van der Waals surface area contributed by atoms with Crippen LogP contribution in [0.15, 0.2) is 47.4 Å². The van der Waals surface area contributed by atoms with Gasteiger partial charge in [0.05, 0.1) is 22.8 Å². The number of nitrogens with zero attached hydrogens (tertiary/aromatic N) is 5. The molecule has 2 amide bonds. The Morgan fingerprint density at radius 2 is 1.68 bits per heavy atom. The number of anilines is 1. The molecule has 40 heavy (non-hydrogen) atoms. The lowest BCUT2D eigenvalue weighted by molar-refractivity contribution is 0.0933. The van der Waals surface area contributed by atoms with Crippen molar-refractivity contribution in [3.63, 3.8) is 0 Å². The first-order chi connectivity index (χ1) is 19.1. The molecular formula is C27H35N5O6S2. The van der Waals surface area contributed by atoms with Gasteiger partial charge in [-0.25, -0.2) is 18.2 Å². The topological polar surface area (TPSA) is 113 Å². The van der Waals surface area contributed by atoms with E-state index in [-0.39, 0.29) is 43.6 Å². The molecule has 0 N–H and O–H groups in total. The second-order valence-electron chi connectivity index (χ2n) is 9.41. The normalized spacial score (nSPS) is 14.5. The van der Waals surface area contributed by atoms with Crippen molar-refractivity contribution in [2.24, 2.45) is 0 Å². The van der Waals surface area contributed by atoms with Gasteiger partial charge in [-0.05, 0) is 64.3 Å². The van der Waals surface area contributed by atoms with Gasteiger partial charge in [0.15, 0.2) is 5.13 Å². The lowest BCUT2D eigenvalue weighted by atomic mass is 10.2. The van der Waals surface area contributed by atoms with Gasteiger partial charge in [-0.3, -0.25) is 9.69 Å². The molecule has 216 valence electrons. The number of hydrogen-bond donors (Lipinski definition) is 0. The van der Waals surface area contributed by atoms with Crippen molar-refractivity contribution in [1.82, 2.24) is 19.1 Å². The smallest absolute Gasteiger partial charge is 0.409 e. The number of aromatic nitrogens is 1. The van der Waals surface area contributed by atoms with Crippen LogP contribution in [0.25, 0.3) is 10.2 Å². The fourth-order valence-electron chi connectivity index (χ4n) is 4.28. The summed E-state index contributed by atoms with van der Waals surface area (Å²) in [4.78, 5) is 35.6. The Labute approximate surface area is 238 Å². The van der Waals surface area contributed by atoms with Crippen LogP contribution >= 0.6 is 11.3 Å². The number of thiazole rings is 1. The van der Waals surface area contributed by atoms with E-state index in [1.165, 1.54) is 44.8 Å². The van der Waals surface area contributed by atoms with Crippen LogP contribution in [0, 0.1) is 0 Å². The standard InChI is InChI=1S/C27H35N5O6S2/c1-5-37-22-8-7-9-23-24(22)28-26(39-23)32(19-14-29(3)4)25(33)20-10-12-21(13-11-20)40(35,36)31-17-15-30(16-18-31)27(34)38-6-2/h7-13H,5-6,14-19H2,1-4H3. The highest BCUT2D eigenvalue weighted by atomic mass is 32.2. The van der Waals surface area contributed by atoms with E-state index in [9.17, 15) is 18.0 Å². The van der Waals surface area contributed by atoms with E-state index in [0.29, 0.717) is 41.7 Å². The Bertz CT molecular complexity index is 1430. The maximum Gasteiger partial charge on any atom is 0.409 e. The molecule has 3 aromatic rings. The summed E-state index contributed by atoms with van der Waals surface area (Å²) in [6, 6.07) is 11.7. The maximum absolute atomic E-state index is 13.7. The minimum Gasteiger partial charge on any atom is -0.492 e. The van der Waals surface area contributed by atoms with Gasteiger partial charge in [0, 0.05) is 44.8 Å². The molecule has 2 aromatic carbocycles. The summed E-state index contributed by atoms with van der Waals surface area (Å²) in [5.74, 6) is 0.394. The van der Waals surface area contributed by atoms with Gasteiger partial charge in [-0.15, -0.1) is 0 Å². The molecule has 0 saturated carbocycles. The van der Waals surface area contributed by atoms with Gasteiger partial charge in [-0.1, -0.05) is 17.4 Å². The number of hydrogen-bond acceptors (Lipinski definition) is 9. The number of carbonyl (C=O) groups excluding carboxylic acids is 2. The SMILES string of the molecule is CCOC(=O)N1CCN(S(=O)(=O)c2ccc(C(=O)N(CCN(C)C)c3nc4c(OCC)cccc4s3)cc2)CC1. The summed E-state index contributed by atoms with van der Waals surface area (Å²) in [6.07, 6.45) is -0.441. The fourth-order valence-corrected chi connectivity index (χ4v) is 6.71. The number of ether oxygens (including phenoxy) is 2. The van der Waals surface area contributed by atoms with Crippen LogP contribution in [0.5, 0.6) is 5.75 Å². The van der Waals surface area contributed by atoms with Gasteiger partial charge in [0.2, 0.25) is 10.0 Å². The Kier molecular flexibility index (Phi) is 9.61. The molecule has 1 aromatic heterocycles. The predicted molar refractivity (Wildman–Crippen MR) is 155 cm³/mol. The van der Waals surface area contributed by atoms with Crippen LogP contribution in [0.3, 0.4) is 0 Å². The van der Waals surface area contributed by atoms with Crippen molar-refractivity contribution in [3.8, 4) is 5.75 Å².